The topological polar surface area (TPSA) is 58.2 Å². The Kier molecular flexibility index (Phi) is 5.18. The molecule has 5 heteroatoms. The van der Waals surface area contributed by atoms with Crippen LogP contribution in [-0.4, -0.2) is 27.0 Å². The van der Waals surface area contributed by atoms with Crippen LogP contribution in [0.15, 0.2) is 29.2 Å². The Labute approximate surface area is 122 Å². The zero-order valence-electron chi connectivity index (χ0n) is 12.2. The third-order valence-electron chi connectivity index (χ3n) is 3.33. The molecule has 0 amide bonds. The smallest absolute Gasteiger partial charge is 0.240 e. The van der Waals surface area contributed by atoms with Gasteiger partial charge in [-0.2, -0.15) is 0 Å². The van der Waals surface area contributed by atoms with Gasteiger partial charge in [-0.3, -0.25) is 0 Å². The first-order valence-corrected chi connectivity index (χ1v) is 8.80. The van der Waals surface area contributed by atoms with E-state index in [1.54, 1.807) is 12.1 Å². The summed E-state index contributed by atoms with van der Waals surface area (Å²) in [6, 6.07) is 7.90. The summed E-state index contributed by atoms with van der Waals surface area (Å²) in [4.78, 5) is 0.369. The van der Waals surface area contributed by atoms with Crippen molar-refractivity contribution in [1.82, 2.24) is 10.0 Å². The molecule has 112 valence electrons. The number of benzene rings is 1. The lowest BCUT2D eigenvalue weighted by molar-refractivity contribution is 0.570. The average Bonchev–Trinajstić information content (AvgIpc) is 3.18. The Balaban J connectivity index is 1.85. The summed E-state index contributed by atoms with van der Waals surface area (Å²) in [6.45, 7) is 5.25. The van der Waals surface area contributed by atoms with Crippen LogP contribution in [0.25, 0.3) is 0 Å². The quantitative estimate of drug-likeness (QED) is 0.722. The molecule has 0 bridgehead atoms. The second-order valence-corrected chi connectivity index (χ2v) is 7.47. The van der Waals surface area contributed by atoms with Gasteiger partial charge in [-0.15, -0.1) is 0 Å². The Morgan fingerprint density at radius 3 is 2.40 bits per heavy atom. The highest BCUT2D eigenvalue weighted by Gasteiger charge is 2.27. The molecule has 0 unspecified atom stereocenters. The van der Waals surface area contributed by atoms with Crippen LogP contribution in [0.5, 0.6) is 0 Å². The van der Waals surface area contributed by atoms with Gasteiger partial charge in [0.1, 0.15) is 0 Å². The lowest BCUT2D eigenvalue weighted by Crippen LogP contribution is -2.25. The number of sulfonamides is 1. The zero-order chi connectivity index (χ0) is 14.6. The minimum Gasteiger partial charge on any atom is -0.315 e. The number of hydrogen-bond acceptors (Lipinski definition) is 3. The summed E-state index contributed by atoms with van der Waals surface area (Å²) in [5, 5.41) is 3.37. The number of rotatable bonds is 8. The normalized spacial score (nSPS) is 15.8. The molecule has 1 aromatic rings. The van der Waals surface area contributed by atoms with Crippen molar-refractivity contribution in [3.05, 3.63) is 29.8 Å². The summed E-state index contributed by atoms with van der Waals surface area (Å²) in [7, 11) is -3.31. The SMILES string of the molecule is CC(C)NCCCc1ccc(S(=O)(=O)NC2CC2)cc1. The van der Waals surface area contributed by atoms with Crippen molar-refractivity contribution >= 4 is 10.0 Å². The minimum absolute atomic E-state index is 0.154. The maximum absolute atomic E-state index is 12.0. The number of aryl methyl sites for hydroxylation is 1. The number of nitrogens with one attached hydrogen (secondary N) is 2. The highest BCUT2D eigenvalue weighted by Crippen LogP contribution is 2.22. The van der Waals surface area contributed by atoms with Crippen LogP contribution in [0.3, 0.4) is 0 Å². The summed E-state index contributed by atoms with van der Waals surface area (Å²) < 4.78 is 26.7. The van der Waals surface area contributed by atoms with Crippen molar-refractivity contribution in [2.75, 3.05) is 6.54 Å². The molecule has 0 aromatic heterocycles. The lowest BCUT2D eigenvalue weighted by atomic mass is 10.1. The highest BCUT2D eigenvalue weighted by atomic mass is 32.2. The van der Waals surface area contributed by atoms with Crippen molar-refractivity contribution < 1.29 is 8.42 Å². The van der Waals surface area contributed by atoms with Gasteiger partial charge in [0.2, 0.25) is 10.0 Å². The highest BCUT2D eigenvalue weighted by molar-refractivity contribution is 7.89. The van der Waals surface area contributed by atoms with Crippen LogP contribution >= 0.6 is 0 Å². The van der Waals surface area contributed by atoms with Gasteiger partial charge in [0.15, 0.2) is 0 Å². The van der Waals surface area contributed by atoms with E-state index < -0.39 is 10.0 Å². The van der Waals surface area contributed by atoms with E-state index in [9.17, 15) is 8.42 Å². The molecule has 4 nitrogen and oxygen atoms in total. The van der Waals surface area contributed by atoms with Crippen molar-refractivity contribution in [2.24, 2.45) is 0 Å². The van der Waals surface area contributed by atoms with Crippen LogP contribution in [0.1, 0.15) is 38.7 Å². The summed E-state index contributed by atoms with van der Waals surface area (Å²) in [5.74, 6) is 0. The van der Waals surface area contributed by atoms with Crippen LogP contribution in [-0.2, 0) is 16.4 Å². The van der Waals surface area contributed by atoms with Gasteiger partial charge in [0, 0.05) is 12.1 Å². The predicted octanol–water partition coefficient (Wildman–Crippen LogP) is 2.06. The van der Waals surface area contributed by atoms with Gasteiger partial charge in [-0.05, 0) is 49.9 Å². The maximum Gasteiger partial charge on any atom is 0.240 e. The molecule has 0 aliphatic heterocycles. The van der Waals surface area contributed by atoms with Crippen molar-refractivity contribution in [1.29, 1.82) is 0 Å². The fraction of sp³-hybridized carbons (Fsp3) is 0.600. The average molecular weight is 296 g/mol. The summed E-state index contributed by atoms with van der Waals surface area (Å²) in [6.07, 6.45) is 3.95. The van der Waals surface area contributed by atoms with E-state index in [2.05, 4.69) is 23.9 Å². The molecule has 1 saturated carbocycles. The number of hydrogen-bond donors (Lipinski definition) is 2. The van der Waals surface area contributed by atoms with E-state index in [-0.39, 0.29) is 6.04 Å². The second kappa shape index (κ2) is 6.70. The first kappa shape index (κ1) is 15.5. The Hall–Kier alpha value is -0.910. The summed E-state index contributed by atoms with van der Waals surface area (Å²) >= 11 is 0. The molecule has 20 heavy (non-hydrogen) atoms. The van der Waals surface area contributed by atoms with Crippen molar-refractivity contribution in [3.63, 3.8) is 0 Å². The van der Waals surface area contributed by atoms with E-state index in [1.807, 2.05) is 12.1 Å². The van der Waals surface area contributed by atoms with E-state index in [1.165, 1.54) is 5.56 Å². The van der Waals surface area contributed by atoms with Gasteiger partial charge in [-0.1, -0.05) is 26.0 Å². The van der Waals surface area contributed by atoms with Crippen LogP contribution in [0, 0.1) is 0 Å². The Morgan fingerprint density at radius 1 is 1.20 bits per heavy atom. The molecule has 1 aliphatic rings. The van der Waals surface area contributed by atoms with Gasteiger partial charge >= 0.3 is 0 Å². The fourth-order valence-electron chi connectivity index (χ4n) is 2.01. The molecule has 0 atom stereocenters. The molecule has 1 aromatic carbocycles. The summed E-state index contributed by atoms with van der Waals surface area (Å²) in [5.41, 5.74) is 1.18. The van der Waals surface area contributed by atoms with Gasteiger partial charge in [0.05, 0.1) is 4.90 Å². The van der Waals surface area contributed by atoms with E-state index in [4.69, 9.17) is 0 Å². The standard InChI is InChI=1S/C15H24N2O2S/c1-12(2)16-11-3-4-13-5-9-15(10-6-13)20(18,19)17-14-7-8-14/h5-6,9-10,12,14,16-17H,3-4,7-8,11H2,1-2H3. The first-order valence-electron chi connectivity index (χ1n) is 7.32. The van der Waals surface area contributed by atoms with Gasteiger partial charge in [-0.25, -0.2) is 13.1 Å². The molecule has 0 saturated heterocycles. The minimum atomic E-state index is -3.31. The molecular weight excluding hydrogens is 272 g/mol. The van der Waals surface area contributed by atoms with E-state index in [0.29, 0.717) is 10.9 Å². The van der Waals surface area contributed by atoms with E-state index >= 15 is 0 Å². The largest absolute Gasteiger partial charge is 0.315 e. The molecule has 2 rings (SSSR count). The third kappa shape index (κ3) is 4.89. The van der Waals surface area contributed by atoms with Crippen LogP contribution < -0.4 is 10.0 Å². The fourth-order valence-corrected chi connectivity index (χ4v) is 3.31. The molecular formula is C15H24N2O2S. The molecule has 2 N–H and O–H groups in total. The monoisotopic (exact) mass is 296 g/mol. The third-order valence-corrected chi connectivity index (χ3v) is 4.86. The Bertz CT molecular complexity index is 519. The van der Waals surface area contributed by atoms with Crippen LogP contribution in [0.2, 0.25) is 0 Å². The van der Waals surface area contributed by atoms with E-state index in [0.717, 1.165) is 32.2 Å². The first-order chi connectivity index (χ1) is 9.47. The molecule has 0 radical (unpaired) electrons. The molecule has 1 aliphatic carbocycles. The molecule has 0 heterocycles. The predicted molar refractivity (Wildman–Crippen MR) is 81.2 cm³/mol. The zero-order valence-corrected chi connectivity index (χ0v) is 13.0. The maximum atomic E-state index is 12.0. The second-order valence-electron chi connectivity index (χ2n) is 5.75. The van der Waals surface area contributed by atoms with Crippen molar-refractivity contribution in [2.45, 2.75) is 56.5 Å². The van der Waals surface area contributed by atoms with Gasteiger partial charge < -0.3 is 5.32 Å². The lowest BCUT2D eigenvalue weighted by Gasteiger charge is -2.09. The molecule has 1 fully saturated rings. The van der Waals surface area contributed by atoms with Crippen molar-refractivity contribution in [3.8, 4) is 0 Å². The Morgan fingerprint density at radius 2 is 1.85 bits per heavy atom. The van der Waals surface area contributed by atoms with Crippen LogP contribution in [0.4, 0.5) is 0 Å². The van der Waals surface area contributed by atoms with Gasteiger partial charge in [0.25, 0.3) is 0 Å². The molecule has 0 spiro atoms.